The van der Waals surface area contributed by atoms with Crippen molar-refractivity contribution in [2.45, 2.75) is 82.7 Å². The molecule has 2 aliphatic carbocycles. The van der Waals surface area contributed by atoms with Crippen molar-refractivity contribution in [3.63, 3.8) is 0 Å². The maximum absolute atomic E-state index is 12.4. The van der Waals surface area contributed by atoms with Crippen molar-refractivity contribution in [3.05, 3.63) is 0 Å². The van der Waals surface area contributed by atoms with Crippen LogP contribution in [-0.4, -0.2) is 17.5 Å². The fraction of sp³-hybridized carbons (Fsp3) is 0.933. The van der Waals surface area contributed by atoms with Crippen LogP contribution in [0.5, 0.6) is 0 Å². The number of hydrogen-bond donors (Lipinski definition) is 2. The second kappa shape index (κ2) is 6.05. The lowest BCUT2D eigenvalue weighted by atomic mass is 9.81. The molecule has 1 amide bonds. The Morgan fingerprint density at radius 2 is 1.67 bits per heavy atom. The molecule has 2 atom stereocenters. The molecule has 0 saturated heterocycles. The van der Waals surface area contributed by atoms with Gasteiger partial charge in [0.25, 0.3) is 0 Å². The smallest absolute Gasteiger partial charge is 0.240 e. The molecule has 0 spiro atoms. The molecule has 0 aliphatic heterocycles. The van der Waals surface area contributed by atoms with Crippen LogP contribution in [0.4, 0.5) is 0 Å². The van der Waals surface area contributed by atoms with E-state index in [1.54, 1.807) is 0 Å². The first kappa shape index (κ1) is 13.9. The third-order valence-corrected chi connectivity index (χ3v) is 4.88. The molecule has 3 N–H and O–H groups in total. The molecule has 2 fully saturated rings. The van der Waals surface area contributed by atoms with E-state index in [0.29, 0.717) is 12.0 Å². The SMILES string of the molecule is CC1CCCCCC1NC(=O)C1(N)CCCCC1. The lowest BCUT2D eigenvalue weighted by molar-refractivity contribution is -0.128. The number of nitrogens with two attached hydrogens (primary N) is 1. The lowest BCUT2D eigenvalue weighted by Gasteiger charge is -2.34. The molecule has 0 aromatic carbocycles. The predicted molar refractivity (Wildman–Crippen MR) is 74.2 cm³/mol. The predicted octanol–water partition coefficient (Wildman–Crippen LogP) is 2.73. The van der Waals surface area contributed by atoms with Crippen LogP contribution in [0.2, 0.25) is 0 Å². The van der Waals surface area contributed by atoms with Gasteiger partial charge in [-0.25, -0.2) is 0 Å². The number of carbonyl (C=O) groups excluding carboxylic acids is 1. The van der Waals surface area contributed by atoms with Crippen molar-refractivity contribution in [1.82, 2.24) is 5.32 Å². The van der Waals surface area contributed by atoms with Crippen LogP contribution in [0.1, 0.15) is 71.1 Å². The Bertz CT molecular complexity index is 284. The summed E-state index contributed by atoms with van der Waals surface area (Å²) in [5.74, 6) is 0.713. The zero-order valence-corrected chi connectivity index (χ0v) is 11.7. The van der Waals surface area contributed by atoms with Gasteiger partial charge in [0.05, 0.1) is 5.54 Å². The Kier molecular flexibility index (Phi) is 4.66. The lowest BCUT2D eigenvalue weighted by Crippen LogP contribution is -2.57. The molecule has 0 aromatic rings. The van der Waals surface area contributed by atoms with E-state index in [4.69, 9.17) is 5.73 Å². The van der Waals surface area contributed by atoms with Gasteiger partial charge >= 0.3 is 0 Å². The molecule has 0 bridgehead atoms. The molecular formula is C15H28N2O. The summed E-state index contributed by atoms with van der Waals surface area (Å²) in [5.41, 5.74) is 5.71. The van der Waals surface area contributed by atoms with E-state index >= 15 is 0 Å². The Morgan fingerprint density at radius 3 is 2.39 bits per heavy atom. The topological polar surface area (TPSA) is 55.1 Å². The summed E-state index contributed by atoms with van der Waals surface area (Å²) in [6, 6.07) is 0.349. The van der Waals surface area contributed by atoms with E-state index in [9.17, 15) is 4.79 Å². The third-order valence-electron chi connectivity index (χ3n) is 4.88. The number of nitrogens with one attached hydrogen (secondary N) is 1. The number of amides is 1. The van der Waals surface area contributed by atoms with Gasteiger partial charge in [-0.1, -0.05) is 45.4 Å². The fourth-order valence-electron chi connectivity index (χ4n) is 3.43. The molecule has 18 heavy (non-hydrogen) atoms. The highest BCUT2D eigenvalue weighted by Crippen LogP contribution is 2.28. The van der Waals surface area contributed by atoms with E-state index in [1.807, 2.05) is 0 Å². The molecule has 2 unspecified atom stereocenters. The van der Waals surface area contributed by atoms with Crippen LogP contribution in [0.15, 0.2) is 0 Å². The number of hydrogen-bond acceptors (Lipinski definition) is 2. The van der Waals surface area contributed by atoms with E-state index < -0.39 is 5.54 Å². The van der Waals surface area contributed by atoms with Gasteiger partial charge in [-0.15, -0.1) is 0 Å². The van der Waals surface area contributed by atoms with E-state index in [-0.39, 0.29) is 5.91 Å². The molecule has 2 rings (SSSR count). The van der Waals surface area contributed by atoms with Crippen LogP contribution in [-0.2, 0) is 4.79 Å². The number of rotatable bonds is 2. The second-order valence-electron chi connectivity index (χ2n) is 6.41. The molecule has 0 aromatic heterocycles. The molecule has 3 heteroatoms. The van der Waals surface area contributed by atoms with E-state index in [2.05, 4.69) is 12.2 Å². The van der Waals surface area contributed by atoms with Gasteiger partial charge < -0.3 is 11.1 Å². The van der Waals surface area contributed by atoms with Crippen LogP contribution in [0, 0.1) is 5.92 Å². The zero-order chi connectivity index (χ0) is 13.0. The van der Waals surface area contributed by atoms with Crippen molar-refractivity contribution in [2.24, 2.45) is 11.7 Å². The highest BCUT2D eigenvalue weighted by molar-refractivity contribution is 5.86. The highest BCUT2D eigenvalue weighted by Gasteiger charge is 2.36. The second-order valence-corrected chi connectivity index (χ2v) is 6.41. The first-order chi connectivity index (χ1) is 8.62. The Labute approximate surface area is 111 Å². The standard InChI is InChI=1S/C15H28N2O/c1-12-8-4-2-5-9-13(12)17-14(18)15(16)10-6-3-7-11-15/h12-13H,2-11,16H2,1H3,(H,17,18). The average Bonchev–Trinajstić information content (AvgIpc) is 2.56. The normalized spacial score (nSPS) is 32.6. The van der Waals surface area contributed by atoms with Gasteiger partial charge in [0.15, 0.2) is 0 Å². The van der Waals surface area contributed by atoms with E-state index in [0.717, 1.165) is 32.1 Å². The van der Waals surface area contributed by atoms with Crippen molar-refractivity contribution >= 4 is 5.91 Å². The van der Waals surface area contributed by atoms with Gasteiger partial charge in [-0.2, -0.15) is 0 Å². The summed E-state index contributed by atoms with van der Waals surface area (Å²) < 4.78 is 0. The Morgan fingerprint density at radius 1 is 1.06 bits per heavy atom. The summed E-state index contributed by atoms with van der Waals surface area (Å²) in [5, 5.41) is 3.25. The molecule has 0 radical (unpaired) electrons. The van der Waals surface area contributed by atoms with Crippen LogP contribution >= 0.6 is 0 Å². The molecule has 3 nitrogen and oxygen atoms in total. The monoisotopic (exact) mass is 252 g/mol. The largest absolute Gasteiger partial charge is 0.352 e. The Hall–Kier alpha value is -0.570. The number of carbonyl (C=O) groups is 1. The molecular weight excluding hydrogens is 224 g/mol. The van der Waals surface area contributed by atoms with Crippen LogP contribution in [0.25, 0.3) is 0 Å². The molecule has 2 saturated carbocycles. The van der Waals surface area contributed by atoms with E-state index in [1.165, 1.54) is 32.1 Å². The van der Waals surface area contributed by atoms with Crippen LogP contribution in [0.3, 0.4) is 0 Å². The summed E-state index contributed by atoms with van der Waals surface area (Å²) in [6.45, 7) is 2.26. The minimum atomic E-state index is -0.579. The summed E-state index contributed by atoms with van der Waals surface area (Å²) in [6.07, 6.45) is 11.4. The quantitative estimate of drug-likeness (QED) is 0.742. The van der Waals surface area contributed by atoms with Gasteiger partial charge in [0, 0.05) is 6.04 Å². The average molecular weight is 252 g/mol. The van der Waals surface area contributed by atoms with Gasteiger partial charge in [0.1, 0.15) is 0 Å². The first-order valence-electron chi connectivity index (χ1n) is 7.72. The maximum Gasteiger partial charge on any atom is 0.240 e. The van der Waals surface area contributed by atoms with Gasteiger partial charge in [-0.3, -0.25) is 4.79 Å². The summed E-state index contributed by atoms with van der Waals surface area (Å²) >= 11 is 0. The minimum Gasteiger partial charge on any atom is -0.352 e. The van der Waals surface area contributed by atoms with Gasteiger partial charge in [-0.05, 0) is 31.6 Å². The first-order valence-corrected chi connectivity index (χ1v) is 7.72. The maximum atomic E-state index is 12.4. The zero-order valence-electron chi connectivity index (χ0n) is 11.7. The van der Waals surface area contributed by atoms with Crippen molar-refractivity contribution in [1.29, 1.82) is 0 Å². The fourth-order valence-corrected chi connectivity index (χ4v) is 3.43. The molecule has 104 valence electrons. The van der Waals surface area contributed by atoms with Crippen LogP contribution < -0.4 is 11.1 Å². The molecule has 2 aliphatic rings. The molecule has 0 heterocycles. The minimum absolute atomic E-state index is 0.112. The van der Waals surface area contributed by atoms with Crippen molar-refractivity contribution in [2.75, 3.05) is 0 Å². The highest BCUT2D eigenvalue weighted by atomic mass is 16.2. The summed E-state index contributed by atoms with van der Waals surface area (Å²) in [4.78, 5) is 12.4. The third kappa shape index (κ3) is 3.25. The summed E-state index contributed by atoms with van der Waals surface area (Å²) in [7, 11) is 0. The van der Waals surface area contributed by atoms with Gasteiger partial charge in [0.2, 0.25) is 5.91 Å². The van der Waals surface area contributed by atoms with Crippen molar-refractivity contribution < 1.29 is 4.79 Å². The van der Waals surface area contributed by atoms with Crippen molar-refractivity contribution in [3.8, 4) is 0 Å². The Balaban J connectivity index is 1.92.